The van der Waals surface area contributed by atoms with Crippen molar-refractivity contribution in [1.82, 2.24) is 10.2 Å². The van der Waals surface area contributed by atoms with Gasteiger partial charge in [-0.15, -0.1) is 0 Å². The van der Waals surface area contributed by atoms with E-state index in [2.05, 4.69) is 12.2 Å². The molecule has 0 spiro atoms. The lowest BCUT2D eigenvalue weighted by atomic mass is 9.89. The maximum absolute atomic E-state index is 12.6. The van der Waals surface area contributed by atoms with Crippen molar-refractivity contribution in [3.05, 3.63) is 29.8 Å². The van der Waals surface area contributed by atoms with Crippen LogP contribution in [0.4, 0.5) is 5.69 Å². The second kappa shape index (κ2) is 6.94. The fourth-order valence-corrected chi connectivity index (χ4v) is 3.10. The summed E-state index contributed by atoms with van der Waals surface area (Å²) >= 11 is 0. The van der Waals surface area contributed by atoms with Crippen LogP contribution < -0.4 is 10.2 Å². The van der Waals surface area contributed by atoms with Crippen molar-refractivity contribution < 1.29 is 4.79 Å². The van der Waals surface area contributed by atoms with Crippen molar-refractivity contribution in [1.29, 1.82) is 0 Å². The zero-order valence-corrected chi connectivity index (χ0v) is 13.6. The summed E-state index contributed by atoms with van der Waals surface area (Å²) in [6, 6.07) is 8.41. The zero-order chi connectivity index (χ0) is 15.4. The Balaban J connectivity index is 2.06. The lowest BCUT2D eigenvalue weighted by molar-refractivity contribution is 0.0631. The number of carbonyl (C=O) groups is 1. The number of hydrogen-bond acceptors (Lipinski definition) is 3. The lowest BCUT2D eigenvalue weighted by Crippen LogP contribution is -2.50. The molecule has 2 atom stereocenters. The maximum Gasteiger partial charge on any atom is 0.253 e. The number of nitrogens with one attached hydrogen (secondary N) is 1. The number of amides is 1. The summed E-state index contributed by atoms with van der Waals surface area (Å²) in [5.74, 6) is 0.710. The summed E-state index contributed by atoms with van der Waals surface area (Å²) in [6.07, 6.45) is 2.14. The highest BCUT2D eigenvalue weighted by Gasteiger charge is 2.29. The van der Waals surface area contributed by atoms with E-state index < -0.39 is 0 Å². The van der Waals surface area contributed by atoms with Crippen molar-refractivity contribution in [2.75, 3.05) is 39.1 Å². The Morgan fingerprint density at radius 3 is 2.52 bits per heavy atom. The Morgan fingerprint density at radius 1 is 1.33 bits per heavy atom. The molecule has 1 aromatic rings. The highest BCUT2D eigenvalue weighted by Crippen LogP contribution is 2.22. The SMILES string of the molecule is CCC1CN(C(=O)c2ccc(N(C)C)cc2)CCC1NC. The van der Waals surface area contributed by atoms with Crippen molar-refractivity contribution in [3.8, 4) is 0 Å². The van der Waals surface area contributed by atoms with E-state index in [1.54, 1.807) is 0 Å². The van der Waals surface area contributed by atoms with Crippen LogP contribution in [0.2, 0.25) is 0 Å². The van der Waals surface area contributed by atoms with Crippen LogP contribution in [0, 0.1) is 5.92 Å². The van der Waals surface area contributed by atoms with Gasteiger partial charge in [-0.1, -0.05) is 13.3 Å². The summed E-state index contributed by atoms with van der Waals surface area (Å²) in [5.41, 5.74) is 1.91. The Bertz CT molecular complexity index is 469. The molecule has 1 N–H and O–H groups in total. The van der Waals surface area contributed by atoms with Crippen LogP contribution in [0.15, 0.2) is 24.3 Å². The third-order valence-electron chi connectivity index (χ3n) is 4.55. The predicted molar refractivity (Wildman–Crippen MR) is 87.9 cm³/mol. The van der Waals surface area contributed by atoms with Gasteiger partial charge in [0.05, 0.1) is 0 Å². The van der Waals surface area contributed by atoms with Gasteiger partial charge >= 0.3 is 0 Å². The van der Waals surface area contributed by atoms with E-state index in [0.717, 1.165) is 37.2 Å². The molecule has 4 nitrogen and oxygen atoms in total. The molecular formula is C17H27N3O. The second-order valence-electron chi connectivity index (χ2n) is 6.04. The zero-order valence-electron chi connectivity index (χ0n) is 13.6. The van der Waals surface area contributed by atoms with E-state index in [-0.39, 0.29) is 5.91 Å². The molecule has 21 heavy (non-hydrogen) atoms. The van der Waals surface area contributed by atoms with E-state index in [9.17, 15) is 4.79 Å². The number of benzene rings is 1. The minimum Gasteiger partial charge on any atom is -0.378 e. The minimum absolute atomic E-state index is 0.160. The molecule has 1 amide bonds. The van der Waals surface area contributed by atoms with Gasteiger partial charge in [-0.2, -0.15) is 0 Å². The maximum atomic E-state index is 12.6. The fourth-order valence-electron chi connectivity index (χ4n) is 3.10. The first kappa shape index (κ1) is 15.8. The van der Waals surface area contributed by atoms with Gasteiger partial charge in [0.2, 0.25) is 0 Å². The molecule has 1 aliphatic heterocycles. The molecule has 0 saturated carbocycles. The van der Waals surface area contributed by atoms with Gasteiger partial charge in [0.1, 0.15) is 0 Å². The number of hydrogen-bond donors (Lipinski definition) is 1. The van der Waals surface area contributed by atoms with Crippen molar-refractivity contribution >= 4 is 11.6 Å². The van der Waals surface area contributed by atoms with E-state index in [0.29, 0.717) is 12.0 Å². The first-order chi connectivity index (χ1) is 10.1. The fraction of sp³-hybridized carbons (Fsp3) is 0.588. The standard InChI is InChI=1S/C17H27N3O/c1-5-13-12-20(11-10-16(13)18-2)17(21)14-6-8-15(9-7-14)19(3)4/h6-9,13,16,18H,5,10-12H2,1-4H3. The van der Waals surface area contributed by atoms with Crippen LogP contribution in [0.25, 0.3) is 0 Å². The normalized spacial score (nSPS) is 22.2. The third kappa shape index (κ3) is 3.56. The van der Waals surface area contributed by atoms with Gasteiger partial charge in [0.25, 0.3) is 5.91 Å². The second-order valence-corrected chi connectivity index (χ2v) is 6.04. The molecule has 0 radical (unpaired) electrons. The molecule has 2 unspecified atom stereocenters. The monoisotopic (exact) mass is 289 g/mol. The smallest absolute Gasteiger partial charge is 0.253 e. The molecule has 0 aromatic heterocycles. The van der Waals surface area contributed by atoms with Crippen molar-refractivity contribution in [3.63, 3.8) is 0 Å². The van der Waals surface area contributed by atoms with E-state index in [1.165, 1.54) is 0 Å². The molecule has 2 rings (SSSR count). The molecule has 0 bridgehead atoms. The largest absolute Gasteiger partial charge is 0.378 e. The number of carbonyl (C=O) groups excluding carboxylic acids is 1. The van der Waals surface area contributed by atoms with Crippen LogP contribution in [0.5, 0.6) is 0 Å². The van der Waals surface area contributed by atoms with Crippen molar-refractivity contribution in [2.45, 2.75) is 25.8 Å². The van der Waals surface area contributed by atoms with E-state index >= 15 is 0 Å². The van der Waals surface area contributed by atoms with E-state index in [4.69, 9.17) is 0 Å². The van der Waals surface area contributed by atoms with Gasteiger partial charge in [-0.05, 0) is 43.7 Å². The first-order valence-corrected chi connectivity index (χ1v) is 7.80. The minimum atomic E-state index is 0.160. The molecule has 1 fully saturated rings. The summed E-state index contributed by atoms with van der Waals surface area (Å²) in [6.45, 7) is 3.90. The van der Waals surface area contributed by atoms with Gasteiger partial charge in [0, 0.05) is 44.5 Å². The molecule has 1 saturated heterocycles. The Labute approximate surface area is 128 Å². The van der Waals surface area contributed by atoms with Crippen molar-refractivity contribution in [2.24, 2.45) is 5.92 Å². The Hall–Kier alpha value is -1.55. The van der Waals surface area contributed by atoms with Gasteiger partial charge < -0.3 is 15.1 Å². The number of rotatable bonds is 4. The number of nitrogens with zero attached hydrogens (tertiary/aromatic N) is 2. The summed E-state index contributed by atoms with van der Waals surface area (Å²) < 4.78 is 0. The number of likely N-dealkylation sites (tertiary alicyclic amines) is 1. The molecule has 116 valence electrons. The van der Waals surface area contributed by atoms with Gasteiger partial charge in [0.15, 0.2) is 0 Å². The summed E-state index contributed by atoms with van der Waals surface area (Å²) in [7, 11) is 6.03. The average molecular weight is 289 g/mol. The molecule has 1 heterocycles. The molecule has 1 aromatic carbocycles. The molecule has 0 aliphatic carbocycles. The van der Waals surface area contributed by atoms with Crippen LogP contribution in [-0.4, -0.2) is 51.1 Å². The predicted octanol–water partition coefficient (Wildman–Crippen LogP) is 2.21. The first-order valence-electron chi connectivity index (χ1n) is 7.80. The summed E-state index contributed by atoms with van der Waals surface area (Å²) in [4.78, 5) is 16.7. The summed E-state index contributed by atoms with van der Waals surface area (Å²) in [5, 5.41) is 3.38. The Kier molecular flexibility index (Phi) is 5.23. The van der Waals surface area contributed by atoms with Crippen LogP contribution in [-0.2, 0) is 0 Å². The van der Waals surface area contributed by atoms with Crippen LogP contribution in [0.1, 0.15) is 30.1 Å². The average Bonchev–Trinajstić information content (AvgIpc) is 2.53. The molecule has 1 aliphatic rings. The van der Waals surface area contributed by atoms with Crippen LogP contribution >= 0.6 is 0 Å². The highest BCUT2D eigenvalue weighted by atomic mass is 16.2. The van der Waals surface area contributed by atoms with E-state index in [1.807, 2.05) is 55.2 Å². The molecular weight excluding hydrogens is 262 g/mol. The van der Waals surface area contributed by atoms with Gasteiger partial charge in [-0.3, -0.25) is 4.79 Å². The quantitative estimate of drug-likeness (QED) is 0.923. The highest BCUT2D eigenvalue weighted by molar-refractivity contribution is 5.94. The third-order valence-corrected chi connectivity index (χ3v) is 4.55. The number of anilines is 1. The van der Waals surface area contributed by atoms with Gasteiger partial charge in [-0.25, -0.2) is 0 Å². The van der Waals surface area contributed by atoms with Crippen LogP contribution in [0.3, 0.4) is 0 Å². The Morgan fingerprint density at radius 2 is 2.00 bits per heavy atom. The molecule has 4 heteroatoms. The lowest BCUT2D eigenvalue weighted by Gasteiger charge is -2.38. The number of piperidine rings is 1. The topological polar surface area (TPSA) is 35.6 Å².